The van der Waals surface area contributed by atoms with E-state index in [0.29, 0.717) is 18.0 Å². The Hall–Kier alpha value is -4.02. The fraction of sp³-hybridized carbons (Fsp3) is 0.222. The van der Waals surface area contributed by atoms with Crippen LogP contribution in [0.5, 0.6) is 0 Å². The average Bonchev–Trinajstić information content (AvgIpc) is 3.23. The maximum atomic E-state index is 11.7. The molecule has 0 spiro atoms. The van der Waals surface area contributed by atoms with Gasteiger partial charge in [0.2, 0.25) is 18.2 Å². The molecule has 0 fully saturated rings. The number of benzene rings is 1. The first-order valence-corrected chi connectivity index (χ1v) is 8.84. The third kappa shape index (κ3) is 4.83. The molecule has 2 aromatic heterocycles. The fourth-order valence-corrected chi connectivity index (χ4v) is 2.61. The number of hydrogen-bond donors (Lipinski definition) is 4. The standard InChI is InChI=1S/C18H20N8O3/c1-2-3-12(15(19)27)24-13-8-21-14(16(20)28)17(25-13)23-11-6-4-10(5-7-11)18-26-22-9-29-18/h4-9,12H,2-3H2,1H3,(H2,19,27)(H2,20,28)(H2,23,24,25). The lowest BCUT2D eigenvalue weighted by Gasteiger charge is -2.16. The number of nitrogens with zero attached hydrogens (tertiary/aromatic N) is 4. The van der Waals surface area contributed by atoms with Gasteiger partial charge in [-0.1, -0.05) is 13.3 Å². The molecule has 1 unspecified atom stereocenters. The molecule has 11 nitrogen and oxygen atoms in total. The number of rotatable bonds is 9. The quantitative estimate of drug-likeness (QED) is 0.417. The van der Waals surface area contributed by atoms with E-state index in [-0.39, 0.29) is 17.3 Å². The van der Waals surface area contributed by atoms with Crippen LogP contribution in [0, 0.1) is 0 Å². The molecular weight excluding hydrogens is 376 g/mol. The zero-order valence-electron chi connectivity index (χ0n) is 15.6. The summed E-state index contributed by atoms with van der Waals surface area (Å²) in [5.74, 6) is -0.424. The van der Waals surface area contributed by atoms with Crippen LogP contribution in [-0.4, -0.2) is 38.0 Å². The minimum atomic E-state index is -0.742. The van der Waals surface area contributed by atoms with Crippen LogP contribution in [0.2, 0.25) is 0 Å². The number of aromatic nitrogens is 4. The molecule has 3 rings (SSSR count). The Morgan fingerprint density at radius 3 is 2.55 bits per heavy atom. The molecule has 0 bridgehead atoms. The van der Waals surface area contributed by atoms with Crippen molar-refractivity contribution in [2.75, 3.05) is 10.6 Å². The topological polar surface area (TPSA) is 175 Å². The number of nitrogens with two attached hydrogens (primary N) is 2. The summed E-state index contributed by atoms with van der Waals surface area (Å²) in [5, 5.41) is 13.4. The van der Waals surface area contributed by atoms with Crippen LogP contribution in [0.15, 0.2) is 41.3 Å². The molecule has 0 saturated heterocycles. The van der Waals surface area contributed by atoms with Gasteiger partial charge in [-0.3, -0.25) is 9.59 Å². The van der Waals surface area contributed by atoms with E-state index in [9.17, 15) is 9.59 Å². The minimum Gasteiger partial charge on any atom is -0.423 e. The van der Waals surface area contributed by atoms with Crippen LogP contribution in [0.4, 0.5) is 17.3 Å². The van der Waals surface area contributed by atoms with Crippen LogP contribution in [0.25, 0.3) is 11.5 Å². The van der Waals surface area contributed by atoms with E-state index in [1.54, 1.807) is 24.3 Å². The lowest BCUT2D eigenvalue weighted by Crippen LogP contribution is -2.35. The van der Waals surface area contributed by atoms with E-state index < -0.39 is 17.9 Å². The van der Waals surface area contributed by atoms with Gasteiger partial charge in [0, 0.05) is 11.3 Å². The van der Waals surface area contributed by atoms with Crippen molar-refractivity contribution in [2.24, 2.45) is 11.5 Å². The second-order valence-electron chi connectivity index (χ2n) is 6.15. The Morgan fingerprint density at radius 1 is 1.21 bits per heavy atom. The Bertz CT molecular complexity index is 989. The molecule has 3 aromatic rings. The van der Waals surface area contributed by atoms with Crippen molar-refractivity contribution >= 4 is 29.1 Å². The summed E-state index contributed by atoms with van der Waals surface area (Å²) in [6.45, 7) is 1.93. The molecule has 6 N–H and O–H groups in total. The third-order valence-electron chi connectivity index (χ3n) is 4.00. The molecule has 11 heteroatoms. The van der Waals surface area contributed by atoms with E-state index in [4.69, 9.17) is 15.9 Å². The zero-order chi connectivity index (χ0) is 20.8. The molecule has 0 saturated carbocycles. The summed E-state index contributed by atoms with van der Waals surface area (Å²) >= 11 is 0. The van der Waals surface area contributed by atoms with Crippen LogP contribution in [0.3, 0.4) is 0 Å². The summed E-state index contributed by atoms with van der Waals surface area (Å²) in [4.78, 5) is 31.7. The highest BCUT2D eigenvalue weighted by molar-refractivity contribution is 5.96. The third-order valence-corrected chi connectivity index (χ3v) is 4.00. The Morgan fingerprint density at radius 2 is 1.97 bits per heavy atom. The van der Waals surface area contributed by atoms with Gasteiger partial charge in [0.05, 0.1) is 6.20 Å². The summed E-state index contributed by atoms with van der Waals surface area (Å²) < 4.78 is 5.15. The van der Waals surface area contributed by atoms with Gasteiger partial charge in [-0.15, -0.1) is 10.2 Å². The molecule has 2 heterocycles. The van der Waals surface area contributed by atoms with Gasteiger partial charge in [0.1, 0.15) is 11.9 Å². The number of primary amides is 2. The van der Waals surface area contributed by atoms with E-state index in [0.717, 1.165) is 12.0 Å². The molecule has 0 aliphatic heterocycles. The van der Waals surface area contributed by atoms with Gasteiger partial charge in [0.25, 0.3) is 5.91 Å². The summed E-state index contributed by atoms with van der Waals surface area (Å²) in [7, 11) is 0. The molecule has 0 aliphatic carbocycles. The van der Waals surface area contributed by atoms with Crippen molar-refractivity contribution < 1.29 is 14.0 Å². The van der Waals surface area contributed by atoms with E-state index >= 15 is 0 Å². The molecular formula is C18H20N8O3. The van der Waals surface area contributed by atoms with Crippen molar-refractivity contribution in [3.05, 3.63) is 42.5 Å². The van der Waals surface area contributed by atoms with Gasteiger partial charge >= 0.3 is 0 Å². The number of anilines is 3. The molecule has 0 radical (unpaired) electrons. The first kappa shape index (κ1) is 19.7. The SMILES string of the molecule is CCCC(Nc1cnc(C(N)=O)c(Nc2ccc(-c3nnco3)cc2)n1)C(N)=O. The van der Waals surface area contributed by atoms with Crippen LogP contribution < -0.4 is 22.1 Å². The maximum Gasteiger partial charge on any atom is 0.271 e. The Labute approximate surface area is 165 Å². The van der Waals surface area contributed by atoms with E-state index in [1.807, 2.05) is 6.92 Å². The van der Waals surface area contributed by atoms with Gasteiger partial charge in [-0.05, 0) is 30.7 Å². The van der Waals surface area contributed by atoms with Crippen molar-refractivity contribution in [2.45, 2.75) is 25.8 Å². The highest BCUT2D eigenvalue weighted by Gasteiger charge is 2.18. The van der Waals surface area contributed by atoms with Crippen LogP contribution >= 0.6 is 0 Å². The molecule has 1 aromatic carbocycles. The normalized spacial score (nSPS) is 11.6. The van der Waals surface area contributed by atoms with Gasteiger partial charge < -0.3 is 26.5 Å². The number of carbonyl (C=O) groups is 2. The van der Waals surface area contributed by atoms with Crippen LogP contribution in [0.1, 0.15) is 30.3 Å². The molecule has 0 aliphatic rings. The Kier molecular flexibility index (Phi) is 5.97. The molecule has 150 valence electrons. The van der Waals surface area contributed by atoms with E-state index in [1.165, 1.54) is 12.6 Å². The van der Waals surface area contributed by atoms with Crippen molar-refractivity contribution in [3.8, 4) is 11.5 Å². The summed E-state index contributed by atoms with van der Waals surface area (Å²) in [5.41, 5.74) is 12.1. The largest absolute Gasteiger partial charge is 0.423 e. The fourth-order valence-electron chi connectivity index (χ4n) is 2.61. The first-order chi connectivity index (χ1) is 14.0. The summed E-state index contributed by atoms with van der Waals surface area (Å²) in [6.07, 6.45) is 3.86. The lowest BCUT2D eigenvalue weighted by atomic mass is 10.1. The highest BCUT2D eigenvalue weighted by Crippen LogP contribution is 2.23. The second-order valence-corrected chi connectivity index (χ2v) is 6.15. The van der Waals surface area contributed by atoms with Gasteiger partial charge in [0.15, 0.2) is 11.5 Å². The van der Waals surface area contributed by atoms with Crippen molar-refractivity contribution in [1.29, 1.82) is 0 Å². The second kappa shape index (κ2) is 8.78. The predicted molar refractivity (Wildman–Crippen MR) is 105 cm³/mol. The monoisotopic (exact) mass is 396 g/mol. The maximum absolute atomic E-state index is 11.7. The lowest BCUT2D eigenvalue weighted by molar-refractivity contribution is -0.118. The number of hydrogen-bond acceptors (Lipinski definition) is 9. The van der Waals surface area contributed by atoms with Gasteiger partial charge in [-0.25, -0.2) is 9.97 Å². The number of amides is 2. The molecule has 2 amide bonds. The summed E-state index contributed by atoms with van der Waals surface area (Å²) in [6, 6.07) is 6.42. The van der Waals surface area contributed by atoms with Gasteiger partial charge in [-0.2, -0.15) is 0 Å². The zero-order valence-corrected chi connectivity index (χ0v) is 15.6. The predicted octanol–water partition coefficient (Wildman–Crippen LogP) is 1.43. The first-order valence-electron chi connectivity index (χ1n) is 8.84. The van der Waals surface area contributed by atoms with Crippen LogP contribution in [-0.2, 0) is 4.79 Å². The van der Waals surface area contributed by atoms with Crippen molar-refractivity contribution in [1.82, 2.24) is 20.2 Å². The number of nitrogens with one attached hydrogen (secondary N) is 2. The minimum absolute atomic E-state index is 0.0392. The Balaban J connectivity index is 1.84. The average molecular weight is 396 g/mol. The molecule has 29 heavy (non-hydrogen) atoms. The van der Waals surface area contributed by atoms with Crippen molar-refractivity contribution in [3.63, 3.8) is 0 Å². The number of carbonyl (C=O) groups excluding carboxylic acids is 2. The van der Waals surface area contributed by atoms with E-state index in [2.05, 4.69) is 30.8 Å². The smallest absolute Gasteiger partial charge is 0.271 e. The molecule has 1 atom stereocenters. The highest BCUT2D eigenvalue weighted by atomic mass is 16.4.